The average molecular weight is 682 g/mol. The first kappa shape index (κ1) is 31.7. The van der Waals surface area contributed by atoms with Gasteiger partial charge in [-0.15, -0.1) is 11.3 Å². The molecule has 2 N–H and O–H groups in total. The Labute approximate surface area is 274 Å². The molecule has 0 aliphatic carbocycles. The Balaban J connectivity index is 1.41. The summed E-state index contributed by atoms with van der Waals surface area (Å²) >= 11 is 9.68. The highest BCUT2D eigenvalue weighted by molar-refractivity contribution is 7.99. The third-order valence-corrected chi connectivity index (χ3v) is 12.5. The minimum atomic E-state index is -3.62. The van der Waals surface area contributed by atoms with Crippen LogP contribution in [-0.2, 0) is 21.1 Å². The van der Waals surface area contributed by atoms with Gasteiger partial charge in [0.25, 0.3) is 5.56 Å². The van der Waals surface area contributed by atoms with Gasteiger partial charge in [0.15, 0.2) is 9.84 Å². The van der Waals surface area contributed by atoms with Crippen LogP contribution in [0.15, 0.2) is 75.2 Å². The van der Waals surface area contributed by atoms with Crippen LogP contribution in [0.4, 0.5) is 11.6 Å². The maximum absolute atomic E-state index is 14.2. The van der Waals surface area contributed by atoms with Gasteiger partial charge in [0.2, 0.25) is 5.95 Å². The Morgan fingerprint density at radius 2 is 1.96 bits per heavy atom. The van der Waals surface area contributed by atoms with Crippen LogP contribution < -0.4 is 16.2 Å². The van der Waals surface area contributed by atoms with Crippen molar-refractivity contribution >= 4 is 67.2 Å². The van der Waals surface area contributed by atoms with E-state index in [1.165, 1.54) is 17.2 Å². The van der Waals surface area contributed by atoms with Crippen molar-refractivity contribution < 1.29 is 13.2 Å². The average Bonchev–Trinajstić information content (AvgIpc) is 3.52. The monoisotopic (exact) mass is 681 g/mol. The van der Waals surface area contributed by atoms with Crippen LogP contribution >= 0.6 is 34.7 Å². The molecule has 45 heavy (non-hydrogen) atoms. The molecule has 5 aromatic rings. The van der Waals surface area contributed by atoms with Gasteiger partial charge in [-0.2, -0.15) is 16.7 Å². The molecule has 1 fully saturated rings. The number of benzene rings is 2. The zero-order valence-electron chi connectivity index (χ0n) is 24.7. The summed E-state index contributed by atoms with van der Waals surface area (Å²) in [6.45, 7) is 3.97. The van der Waals surface area contributed by atoms with E-state index in [1.807, 2.05) is 49.0 Å². The van der Waals surface area contributed by atoms with Gasteiger partial charge in [0.05, 0.1) is 18.9 Å². The van der Waals surface area contributed by atoms with Crippen LogP contribution in [0, 0.1) is 6.92 Å². The summed E-state index contributed by atoms with van der Waals surface area (Å²) in [4.78, 5) is 23.5. The van der Waals surface area contributed by atoms with Gasteiger partial charge in [-0.25, -0.2) is 13.4 Å². The molecule has 0 amide bonds. The van der Waals surface area contributed by atoms with Crippen molar-refractivity contribution in [2.45, 2.75) is 22.9 Å². The number of aromatic nitrogens is 3. The van der Waals surface area contributed by atoms with Crippen molar-refractivity contribution in [2.24, 2.45) is 0 Å². The lowest BCUT2D eigenvalue weighted by Crippen LogP contribution is -2.28. The summed E-state index contributed by atoms with van der Waals surface area (Å²) < 4.78 is 33.0. The second-order valence-corrected chi connectivity index (χ2v) is 15.7. The molecule has 0 saturated carbocycles. The molecule has 0 radical (unpaired) electrons. The zero-order valence-corrected chi connectivity index (χ0v) is 28.0. The topological polar surface area (TPSA) is 115 Å². The van der Waals surface area contributed by atoms with Gasteiger partial charge in [-0.1, -0.05) is 35.9 Å². The van der Waals surface area contributed by atoms with Gasteiger partial charge in [-0.05, 0) is 53.8 Å². The maximum Gasteiger partial charge on any atom is 0.260 e. The molecule has 1 aliphatic rings. The van der Waals surface area contributed by atoms with Crippen molar-refractivity contribution in [1.82, 2.24) is 19.9 Å². The van der Waals surface area contributed by atoms with Crippen LogP contribution in [0.5, 0.6) is 0 Å². The summed E-state index contributed by atoms with van der Waals surface area (Å²) in [6.07, 6.45) is 1.66. The maximum atomic E-state index is 14.2. The number of nitrogens with zero attached hydrogens (tertiary/aromatic N) is 3. The lowest BCUT2D eigenvalue weighted by molar-refractivity contribution is 0.217. The fourth-order valence-electron chi connectivity index (χ4n) is 5.26. The van der Waals surface area contributed by atoms with Crippen LogP contribution in [0.2, 0.25) is 5.02 Å². The minimum Gasteiger partial charge on any atom is -0.384 e. The predicted molar refractivity (Wildman–Crippen MR) is 184 cm³/mol. The van der Waals surface area contributed by atoms with E-state index in [0.717, 1.165) is 41.4 Å². The summed E-state index contributed by atoms with van der Waals surface area (Å²) in [5.74, 6) is 1.24. The first-order valence-corrected chi connectivity index (χ1v) is 18.3. The number of rotatable bonds is 10. The third kappa shape index (κ3) is 6.96. The minimum absolute atomic E-state index is 0.00403. The first-order chi connectivity index (χ1) is 21.7. The molecule has 234 valence electrons. The number of thioether (sulfide) groups is 1. The fourth-order valence-corrected chi connectivity index (χ4v) is 9.47. The summed E-state index contributed by atoms with van der Waals surface area (Å²) in [6, 6.07) is 17.2. The number of ether oxygens (including phenoxy) is 1. The van der Waals surface area contributed by atoms with Gasteiger partial charge < -0.3 is 15.4 Å². The van der Waals surface area contributed by atoms with E-state index in [9.17, 15) is 13.2 Å². The van der Waals surface area contributed by atoms with E-state index in [0.29, 0.717) is 43.9 Å². The summed E-state index contributed by atoms with van der Waals surface area (Å²) in [5.41, 5.74) is 4.52. The molecule has 13 heteroatoms. The number of halogens is 1. The molecule has 6 rings (SSSR count). The Bertz CT molecular complexity index is 2010. The molecule has 4 heterocycles. The number of aryl methyl sites for hydroxylation is 1. The number of sulfone groups is 1. The molecule has 0 bridgehead atoms. The largest absolute Gasteiger partial charge is 0.384 e. The first-order valence-electron chi connectivity index (χ1n) is 14.4. The van der Waals surface area contributed by atoms with Gasteiger partial charge in [0.1, 0.15) is 9.86 Å². The number of thiophene rings is 1. The van der Waals surface area contributed by atoms with Crippen molar-refractivity contribution in [2.75, 3.05) is 43.6 Å². The second-order valence-electron chi connectivity index (χ2n) is 10.8. The molecule has 0 spiro atoms. The molecule has 1 unspecified atom stereocenters. The predicted octanol–water partition coefficient (Wildman–Crippen LogP) is 6.07. The highest BCUT2D eigenvalue weighted by Gasteiger charge is 2.23. The van der Waals surface area contributed by atoms with Crippen molar-refractivity contribution in [3.63, 3.8) is 0 Å². The number of fused-ring (bicyclic) bond motifs is 1. The fraction of sp³-hybridized carbons (Fsp3) is 0.281. The molecule has 2 aromatic carbocycles. The number of anilines is 2. The van der Waals surface area contributed by atoms with Crippen molar-refractivity contribution in [1.29, 1.82) is 0 Å². The SMILES string of the molecule is COCCS(=O)(=O)c1sccc1Cn1c(=O)c(-c2ccc(C)cc2Cl)cc2cnc(Nc3ccc(C4CNCCS4)cc3)nc21. The lowest BCUT2D eigenvalue weighted by Gasteiger charge is -2.22. The molecule has 3 aromatic heterocycles. The Morgan fingerprint density at radius 1 is 1.13 bits per heavy atom. The zero-order chi connectivity index (χ0) is 31.6. The highest BCUT2D eigenvalue weighted by Crippen LogP contribution is 2.32. The second kappa shape index (κ2) is 13.6. The van der Waals surface area contributed by atoms with E-state index in [2.05, 4.69) is 27.8 Å². The standard InChI is InChI=1S/C32H32ClN5O4S3/c1-20-3-8-25(27(33)15-20)26-16-23-17-35-32(36-24-6-4-21(5-7-24)28-18-34-10-13-43-28)37-29(23)38(30(26)39)19-22-9-12-44-31(22)45(40,41)14-11-42-2/h3-9,12,15-17,28,34H,10-11,13-14,18-19H2,1-2H3,(H,35,36,37). The van der Waals surface area contributed by atoms with E-state index in [-0.39, 0.29) is 28.7 Å². The van der Waals surface area contributed by atoms with E-state index in [4.69, 9.17) is 21.3 Å². The van der Waals surface area contributed by atoms with E-state index in [1.54, 1.807) is 23.7 Å². The number of methoxy groups -OCH3 is 1. The van der Waals surface area contributed by atoms with Crippen molar-refractivity contribution in [3.8, 4) is 11.1 Å². The molecule has 1 aliphatic heterocycles. The number of hydrogen-bond donors (Lipinski definition) is 2. The van der Waals surface area contributed by atoms with Crippen molar-refractivity contribution in [3.05, 3.63) is 98.2 Å². The Morgan fingerprint density at radius 3 is 2.69 bits per heavy atom. The van der Waals surface area contributed by atoms with E-state index >= 15 is 0 Å². The molecule has 1 atom stereocenters. The summed E-state index contributed by atoms with van der Waals surface area (Å²) in [5, 5.41) is 9.89. The Kier molecular flexibility index (Phi) is 9.60. The number of nitrogens with one attached hydrogen (secondary N) is 2. The van der Waals surface area contributed by atoms with E-state index < -0.39 is 9.84 Å². The highest BCUT2D eigenvalue weighted by atomic mass is 35.5. The number of hydrogen-bond acceptors (Lipinski definition) is 10. The van der Waals surface area contributed by atoms with Gasteiger partial charge in [0, 0.05) is 70.2 Å². The smallest absolute Gasteiger partial charge is 0.260 e. The molecule has 1 saturated heterocycles. The van der Waals surface area contributed by atoms with Crippen LogP contribution in [-0.4, -0.2) is 61.3 Å². The van der Waals surface area contributed by atoms with Crippen LogP contribution in [0.1, 0.15) is 21.9 Å². The van der Waals surface area contributed by atoms with Gasteiger partial charge in [-0.3, -0.25) is 9.36 Å². The molecular formula is C32H32ClN5O4S3. The van der Waals surface area contributed by atoms with Gasteiger partial charge >= 0.3 is 0 Å². The Hall–Kier alpha value is -3.26. The normalized spacial score (nSPS) is 15.4. The quantitative estimate of drug-likeness (QED) is 0.181. The van der Waals surface area contributed by atoms with Crippen LogP contribution in [0.25, 0.3) is 22.2 Å². The lowest BCUT2D eigenvalue weighted by atomic mass is 10.0. The third-order valence-electron chi connectivity index (χ3n) is 7.58. The summed E-state index contributed by atoms with van der Waals surface area (Å²) in [7, 11) is -2.16. The number of pyridine rings is 1. The molecule has 9 nitrogen and oxygen atoms in total. The van der Waals surface area contributed by atoms with Crippen LogP contribution in [0.3, 0.4) is 0 Å². The molecular weight excluding hydrogens is 650 g/mol.